The molecule has 1 N–H and O–H groups in total. The van der Waals surface area contributed by atoms with Gasteiger partial charge in [-0.1, -0.05) is 41.9 Å². The van der Waals surface area contributed by atoms with Gasteiger partial charge in [-0.25, -0.2) is 4.68 Å². The van der Waals surface area contributed by atoms with Crippen LogP contribution in [0, 0.1) is 10.7 Å². The number of hydrogen-bond acceptors (Lipinski definition) is 4. The number of nitrogens with zero attached hydrogens (tertiary/aromatic N) is 4. The molecule has 2 aromatic carbocycles. The van der Waals surface area contributed by atoms with Crippen molar-refractivity contribution in [2.75, 3.05) is 13.1 Å². The number of hydrogen-bond donors (Lipinski definition) is 1. The summed E-state index contributed by atoms with van der Waals surface area (Å²) in [6, 6.07) is 18.4. The van der Waals surface area contributed by atoms with Crippen molar-refractivity contribution in [3.05, 3.63) is 70.0 Å². The highest BCUT2D eigenvalue weighted by atomic mass is 35.5. The molecule has 0 spiro atoms. The van der Waals surface area contributed by atoms with Crippen LogP contribution in [0.3, 0.4) is 0 Å². The number of piperidine rings is 1. The molecule has 0 unspecified atom stereocenters. The maximum atomic E-state index is 12.4. The molecule has 0 bridgehead atoms. The van der Waals surface area contributed by atoms with Crippen LogP contribution in [0.15, 0.2) is 54.6 Å². The monoisotopic (exact) mass is 481 g/mol. The fraction of sp³-hybridized carbons (Fsp3) is 0.400. The zero-order chi connectivity index (χ0) is 22.8. The Morgan fingerprint density at radius 1 is 1.03 bits per heavy atom. The summed E-state index contributed by atoms with van der Waals surface area (Å²) >= 11 is 12.0. The molecule has 1 saturated carbocycles. The van der Waals surface area contributed by atoms with E-state index in [4.69, 9.17) is 28.9 Å². The van der Waals surface area contributed by atoms with Gasteiger partial charge in [0.2, 0.25) is 5.91 Å². The Bertz CT molecular complexity index is 1160. The smallest absolute Gasteiger partial charge is 0.223 e. The molecule has 2 aliphatic rings. The number of carbonyl (C=O) groups is 1. The fourth-order valence-electron chi connectivity index (χ4n) is 4.33. The third kappa shape index (κ3) is 5.37. The normalized spacial score (nSPS) is 17.2. The van der Waals surface area contributed by atoms with Crippen molar-refractivity contribution < 1.29 is 4.79 Å². The van der Waals surface area contributed by atoms with Crippen molar-refractivity contribution in [3.63, 3.8) is 0 Å². The Hall–Kier alpha value is -2.48. The Labute approximate surface area is 204 Å². The average molecular weight is 482 g/mol. The zero-order valence-electron chi connectivity index (χ0n) is 18.5. The van der Waals surface area contributed by atoms with Crippen molar-refractivity contribution in [2.45, 2.75) is 44.9 Å². The second-order valence-corrected chi connectivity index (χ2v) is 9.80. The highest BCUT2D eigenvalue weighted by Crippen LogP contribution is 2.25. The lowest BCUT2D eigenvalue weighted by molar-refractivity contribution is -0.126. The van der Waals surface area contributed by atoms with E-state index in [1.807, 2.05) is 47.1 Å². The molecular weight excluding hydrogens is 454 g/mol. The number of rotatable bonds is 7. The van der Waals surface area contributed by atoms with E-state index in [-0.39, 0.29) is 11.8 Å². The Balaban J connectivity index is 1.34. The van der Waals surface area contributed by atoms with Gasteiger partial charge < -0.3 is 5.32 Å². The molecule has 1 aliphatic carbocycles. The maximum absolute atomic E-state index is 12.4. The summed E-state index contributed by atoms with van der Waals surface area (Å²) in [6.45, 7) is 3.01. The highest BCUT2D eigenvalue weighted by molar-refractivity contribution is 7.71. The summed E-state index contributed by atoms with van der Waals surface area (Å²) in [4.78, 5) is 14.7. The van der Waals surface area contributed by atoms with Crippen LogP contribution in [0.1, 0.15) is 31.2 Å². The average Bonchev–Trinajstić information content (AvgIpc) is 3.60. The molecule has 1 amide bonds. The molecule has 8 heteroatoms. The lowest BCUT2D eigenvalue weighted by atomic mass is 9.96. The number of benzene rings is 2. The Morgan fingerprint density at radius 3 is 2.39 bits per heavy atom. The van der Waals surface area contributed by atoms with E-state index in [0.29, 0.717) is 29.0 Å². The van der Waals surface area contributed by atoms with Crippen molar-refractivity contribution in [2.24, 2.45) is 5.92 Å². The van der Waals surface area contributed by atoms with Crippen LogP contribution in [-0.4, -0.2) is 44.3 Å². The van der Waals surface area contributed by atoms with Gasteiger partial charge in [0.1, 0.15) is 0 Å². The van der Waals surface area contributed by atoms with E-state index in [1.54, 1.807) is 0 Å². The SMILES string of the molecule is O=C(NC1CC1)C1CCN(Cn2nc(-c3ccc(Cl)cc3)n(Cc3ccccc3)c2=S)CC1. The second-order valence-electron chi connectivity index (χ2n) is 9.00. The first-order chi connectivity index (χ1) is 16.1. The molecule has 1 aromatic heterocycles. The number of nitrogens with one attached hydrogen (secondary N) is 1. The molecule has 1 aliphatic heterocycles. The summed E-state index contributed by atoms with van der Waals surface area (Å²) in [6.07, 6.45) is 4.01. The molecule has 33 heavy (non-hydrogen) atoms. The standard InChI is InChI=1S/C25H28ClN5OS/c26-21-8-6-19(7-9-21)23-28-31(25(33)30(23)16-18-4-2-1-3-5-18)17-29-14-12-20(13-15-29)24(32)27-22-10-11-22/h1-9,20,22H,10-17H2,(H,27,32). The van der Waals surface area contributed by atoms with Gasteiger partial charge in [0.05, 0.1) is 13.2 Å². The first-order valence-electron chi connectivity index (χ1n) is 11.6. The molecule has 5 rings (SSSR count). The minimum Gasteiger partial charge on any atom is -0.353 e. The van der Waals surface area contributed by atoms with Crippen molar-refractivity contribution >= 4 is 29.7 Å². The van der Waals surface area contributed by atoms with E-state index in [9.17, 15) is 4.79 Å². The topological polar surface area (TPSA) is 55.1 Å². The summed E-state index contributed by atoms with van der Waals surface area (Å²) in [5.41, 5.74) is 2.15. The third-order valence-electron chi connectivity index (χ3n) is 6.42. The summed E-state index contributed by atoms with van der Waals surface area (Å²) in [7, 11) is 0. The molecule has 172 valence electrons. The molecule has 1 saturated heterocycles. The van der Waals surface area contributed by atoms with Gasteiger partial charge in [0.25, 0.3) is 0 Å². The fourth-order valence-corrected chi connectivity index (χ4v) is 4.70. The number of amides is 1. The molecular formula is C25H28ClN5OS. The highest BCUT2D eigenvalue weighted by Gasteiger charge is 2.30. The molecule has 2 heterocycles. The van der Waals surface area contributed by atoms with Crippen LogP contribution in [0.2, 0.25) is 5.02 Å². The number of likely N-dealkylation sites (tertiary alicyclic amines) is 1. The number of aromatic nitrogens is 3. The van der Waals surface area contributed by atoms with Gasteiger partial charge in [-0.3, -0.25) is 14.3 Å². The number of carbonyl (C=O) groups excluding carboxylic acids is 1. The van der Waals surface area contributed by atoms with Gasteiger partial charge in [-0.2, -0.15) is 5.10 Å². The molecule has 0 radical (unpaired) electrons. The van der Waals surface area contributed by atoms with E-state index in [0.717, 1.165) is 50.2 Å². The minimum atomic E-state index is 0.120. The minimum absolute atomic E-state index is 0.120. The quantitative estimate of drug-likeness (QED) is 0.495. The third-order valence-corrected chi connectivity index (χ3v) is 7.11. The summed E-state index contributed by atoms with van der Waals surface area (Å²) in [5, 5.41) is 8.76. The van der Waals surface area contributed by atoms with Gasteiger partial charge in [0, 0.05) is 35.6 Å². The summed E-state index contributed by atoms with van der Waals surface area (Å²) < 4.78 is 4.69. The van der Waals surface area contributed by atoms with Crippen LogP contribution in [0.25, 0.3) is 11.4 Å². The van der Waals surface area contributed by atoms with Crippen LogP contribution < -0.4 is 5.32 Å². The van der Waals surface area contributed by atoms with Crippen LogP contribution >= 0.6 is 23.8 Å². The predicted molar refractivity (Wildman–Crippen MR) is 133 cm³/mol. The second kappa shape index (κ2) is 9.79. The van der Waals surface area contributed by atoms with Gasteiger partial charge >= 0.3 is 0 Å². The van der Waals surface area contributed by atoms with Crippen LogP contribution in [0.5, 0.6) is 0 Å². The van der Waals surface area contributed by atoms with Crippen molar-refractivity contribution in [1.29, 1.82) is 0 Å². The Kier molecular flexibility index (Phi) is 6.62. The first kappa shape index (κ1) is 22.3. The zero-order valence-corrected chi connectivity index (χ0v) is 20.1. The maximum Gasteiger partial charge on any atom is 0.223 e. The Morgan fingerprint density at radius 2 is 1.73 bits per heavy atom. The lowest BCUT2D eigenvalue weighted by Crippen LogP contribution is -2.41. The predicted octanol–water partition coefficient (Wildman–Crippen LogP) is 4.73. The largest absolute Gasteiger partial charge is 0.353 e. The van der Waals surface area contributed by atoms with Gasteiger partial charge in [-0.05, 0) is 67.7 Å². The van der Waals surface area contributed by atoms with Crippen LogP contribution in [0.4, 0.5) is 0 Å². The van der Waals surface area contributed by atoms with E-state index < -0.39 is 0 Å². The van der Waals surface area contributed by atoms with Gasteiger partial charge in [-0.15, -0.1) is 0 Å². The van der Waals surface area contributed by atoms with Crippen molar-refractivity contribution in [3.8, 4) is 11.4 Å². The van der Waals surface area contributed by atoms with Crippen molar-refractivity contribution in [1.82, 2.24) is 24.6 Å². The molecule has 2 fully saturated rings. The van der Waals surface area contributed by atoms with E-state index >= 15 is 0 Å². The first-order valence-corrected chi connectivity index (χ1v) is 12.4. The summed E-state index contributed by atoms with van der Waals surface area (Å²) in [5.74, 6) is 1.18. The lowest BCUT2D eigenvalue weighted by Gasteiger charge is -2.30. The van der Waals surface area contributed by atoms with E-state index in [1.165, 1.54) is 5.56 Å². The van der Waals surface area contributed by atoms with E-state index in [2.05, 4.69) is 26.9 Å². The molecule has 6 nitrogen and oxygen atoms in total. The van der Waals surface area contributed by atoms with Gasteiger partial charge in [0.15, 0.2) is 10.6 Å². The molecule has 0 atom stereocenters. The molecule has 3 aromatic rings. The van der Waals surface area contributed by atoms with Crippen LogP contribution in [-0.2, 0) is 18.0 Å². The number of halogens is 1.